The fourth-order valence-corrected chi connectivity index (χ4v) is 3.62. The van der Waals surface area contributed by atoms with E-state index in [2.05, 4.69) is 20.6 Å². The summed E-state index contributed by atoms with van der Waals surface area (Å²) in [6, 6.07) is 9.21. The van der Waals surface area contributed by atoms with Crippen LogP contribution >= 0.6 is 23.1 Å². The van der Waals surface area contributed by atoms with Gasteiger partial charge in [-0.15, -0.1) is 11.8 Å². The molecule has 0 saturated heterocycles. The summed E-state index contributed by atoms with van der Waals surface area (Å²) in [5.74, 6) is 0.0838. The molecule has 0 fully saturated rings. The molecule has 122 valence electrons. The van der Waals surface area contributed by atoms with Crippen LogP contribution < -0.4 is 10.6 Å². The minimum Gasteiger partial charge on any atom is -0.325 e. The number of carbonyl (C=O) groups is 2. The van der Waals surface area contributed by atoms with Crippen LogP contribution in [0.15, 0.2) is 47.6 Å². The summed E-state index contributed by atoms with van der Waals surface area (Å²) in [6.45, 7) is 1.44. The molecular formula is C16H14N4O2S2. The van der Waals surface area contributed by atoms with Crippen LogP contribution in [0.2, 0.25) is 0 Å². The summed E-state index contributed by atoms with van der Waals surface area (Å²) in [4.78, 5) is 32.4. The smallest absolute Gasteiger partial charge is 0.234 e. The van der Waals surface area contributed by atoms with Gasteiger partial charge in [0.05, 0.1) is 16.0 Å². The molecule has 0 unspecified atom stereocenters. The van der Waals surface area contributed by atoms with Crippen molar-refractivity contribution in [2.45, 2.75) is 11.8 Å². The third-order valence-corrected chi connectivity index (χ3v) is 4.92. The van der Waals surface area contributed by atoms with Gasteiger partial charge in [-0.3, -0.25) is 14.6 Å². The Morgan fingerprint density at radius 3 is 2.71 bits per heavy atom. The Bertz CT molecular complexity index is 880. The van der Waals surface area contributed by atoms with Gasteiger partial charge < -0.3 is 10.6 Å². The van der Waals surface area contributed by atoms with Crippen LogP contribution in [0.5, 0.6) is 0 Å². The van der Waals surface area contributed by atoms with E-state index in [0.29, 0.717) is 16.6 Å². The van der Waals surface area contributed by atoms with Crippen LogP contribution in [-0.4, -0.2) is 27.5 Å². The maximum absolute atomic E-state index is 12.1. The van der Waals surface area contributed by atoms with Gasteiger partial charge in [-0.25, -0.2) is 4.98 Å². The minimum atomic E-state index is -0.157. The van der Waals surface area contributed by atoms with E-state index >= 15 is 0 Å². The summed E-state index contributed by atoms with van der Waals surface area (Å²) < 4.78 is 0.901. The lowest BCUT2D eigenvalue weighted by Gasteiger charge is -2.05. The fraction of sp³-hybridized carbons (Fsp3) is 0.125. The summed E-state index contributed by atoms with van der Waals surface area (Å²) in [7, 11) is 0. The van der Waals surface area contributed by atoms with Crippen molar-refractivity contribution in [1.29, 1.82) is 0 Å². The Labute approximate surface area is 146 Å². The van der Waals surface area contributed by atoms with Gasteiger partial charge in [0.15, 0.2) is 5.13 Å². The number of rotatable bonds is 5. The summed E-state index contributed by atoms with van der Waals surface area (Å²) in [5.41, 5.74) is 1.49. The maximum Gasteiger partial charge on any atom is 0.234 e. The Balaban J connectivity index is 1.64. The molecule has 0 atom stereocenters. The first-order chi connectivity index (χ1) is 11.6. The highest BCUT2D eigenvalue weighted by Crippen LogP contribution is 2.28. The SMILES string of the molecule is CC(=O)Nc1nc2ccc(NC(=O)CSc3ccncc3)cc2s1. The highest BCUT2D eigenvalue weighted by atomic mass is 32.2. The van der Waals surface area contributed by atoms with Crippen LogP contribution in [-0.2, 0) is 9.59 Å². The van der Waals surface area contributed by atoms with Crippen molar-refractivity contribution in [1.82, 2.24) is 9.97 Å². The average molecular weight is 358 g/mol. The van der Waals surface area contributed by atoms with Crippen LogP contribution in [0.25, 0.3) is 10.2 Å². The minimum absolute atomic E-state index is 0.0808. The second-order valence-corrected chi connectivity index (χ2v) is 6.98. The quantitative estimate of drug-likeness (QED) is 0.683. The average Bonchev–Trinajstić information content (AvgIpc) is 2.94. The zero-order valence-electron chi connectivity index (χ0n) is 12.8. The topological polar surface area (TPSA) is 84.0 Å². The number of hydrogen-bond donors (Lipinski definition) is 2. The van der Waals surface area contributed by atoms with E-state index in [9.17, 15) is 9.59 Å². The molecule has 3 aromatic rings. The van der Waals surface area contributed by atoms with Gasteiger partial charge in [0.25, 0.3) is 0 Å². The predicted octanol–water partition coefficient (Wildman–Crippen LogP) is 3.38. The molecule has 3 rings (SSSR count). The van der Waals surface area contributed by atoms with Gasteiger partial charge in [-0.1, -0.05) is 11.3 Å². The first kappa shape index (κ1) is 16.4. The van der Waals surface area contributed by atoms with E-state index in [4.69, 9.17) is 0 Å². The Kier molecular flexibility index (Phi) is 5.07. The number of pyridine rings is 1. The predicted molar refractivity (Wildman–Crippen MR) is 97.5 cm³/mol. The Hall–Kier alpha value is -2.45. The number of anilines is 2. The summed E-state index contributed by atoms with van der Waals surface area (Å²) in [6.07, 6.45) is 3.40. The standard InChI is InChI=1S/C16H14N4O2S2/c1-10(21)18-16-20-13-3-2-11(8-14(13)24-16)19-15(22)9-23-12-4-6-17-7-5-12/h2-8H,9H2,1H3,(H,19,22)(H,18,20,21). The zero-order valence-corrected chi connectivity index (χ0v) is 14.4. The normalized spacial score (nSPS) is 10.5. The van der Waals surface area contributed by atoms with Gasteiger partial charge in [-0.2, -0.15) is 0 Å². The van der Waals surface area contributed by atoms with Gasteiger partial charge in [0, 0.05) is 29.9 Å². The third-order valence-electron chi connectivity index (χ3n) is 2.97. The molecule has 1 aromatic carbocycles. The molecule has 0 aliphatic heterocycles. The van der Waals surface area contributed by atoms with E-state index in [0.717, 1.165) is 15.1 Å². The van der Waals surface area contributed by atoms with E-state index in [-0.39, 0.29) is 11.8 Å². The van der Waals surface area contributed by atoms with E-state index < -0.39 is 0 Å². The molecule has 0 saturated carbocycles. The molecule has 2 amide bonds. The lowest BCUT2D eigenvalue weighted by molar-refractivity contribution is -0.114. The largest absolute Gasteiger partial charge is 0.325 e. The highest BCUT2D eigenvalue weighted by Gasteiger charge is 2.08. The van der Waals surface area contributed by atoms with Gasteiger partial charge in [0.1, 0.15) is 0 Å². The number of thiazole rings is 1. The van der Waals surface area contributed by atoms with E-state index in [1.165, 1.54) is 30.0 Å². The van der Waals surface area contributed by atoms with E-state index in [1.54, 1.807) is 18.5 Å². The molecule has 8 heteroatoms. The molecule has 0 radical (unpaired) electrons. The third kappa shape index (κ3) is 4.30. The molecule has 0 bridgehead atoms. The molecule has 0 aliphatic carbocycles. The second kappa shape index (κ2) is 7.41. The number of thioether (sulfide) groups is 1. The summed E-state index contributed by atoms with van der Waals surface area (Å²) in [5, 5.41) is 6.09. The molecule has 2 heterocycles. The highest BCUT2D eigenvalue weighted by molar-refractivity contribution is 8.00. The second-order valence-electron chi connectivity index (χ2n) is 4.90. The number of nitrogens with zero attached hydrogens (tertiary/aromatic N) is 2. The fourth-order valence-electron chi connectivity index (χ4n) is 1.99. The van der Waals surface area contributed by atoms with Crippen LogP contribution in [0.4, 0.5) is 10.8 Å². The van der Waals surface area contributed by atoms with E-state index in [1.807, 2.05) is 24.3 Å². The van der Waals surface area contributed by atoms with Crippen molar-refractivity contribution in [2.24, 2.45) is 0 Å². The number of fused-ring (bicyclic) bond motifs is 1. The van der Waals surface area contributed by atoms with Gasteiger partial charge in [-0.05, 0) is 30.3 Å². The molecule has 0 aliphatic rings. The number of benzene rings is 1. The van der Waals surface area contributed by atoms with Crippen molar-refractivity contribution in [3.63, 3.8) is 0 Å². The molecule has 6 nitrogen and oxygen atoms in total. The van der Waals surface area contributed by atoms with Crippen molar-refractivity contribution in [3.05, 3.63) is 42.7 Å². The maximum atomic E-state index is 12.1. The van der Waals surface area contributed by atoms with Crippen molar-refractivity contribution in [3.8, 4) is 0 Å². The Morgan fingerprint density at radius 2 is 1.96 bits per heavy atom. The van der Waals surface area contributed by atoms with Gasteiger partial charge in [0.2, 0.25) is 11.8 Å². The number of nitrogens with one attached hydrogen (secondary N) is 2. The number of hydrogen-bond acceptors (Lipinski definition) is 6. The molecule has 24 heavy (non-hydrogen) atoms. The first-order valence-electron chi connectivity index (χ1n) is 7.11. The molecule has 2 N–H and O–H groups in total. The van der Waals surface area contributed by atoms with Crippen molar-refractivity contribution < 1.29 is 9.59 Å². The Morgan fingerprint density at radius 1 is 1.17 bits per heavy atom. The summed E-state index contributed by atoms with van der Waals surface area (Å²) >= 11 is 2.82. The van der Waals surface area contributed by atoms with Crippen LogP contribution in [0, 0.1) is 0 Å². The van der Waals surface area contributed by atoms with Crippen molar-refractivity contribution in [2.75, 3.05) is 16.4 Å². The molecule has 2 aromatic heterocycles. The molecule has 0 spiro atoms. The van der Waals surface area contributed by atoms with Gasteiger partial charge >= 0.3 is 0 Å². The molecular weight excluding hydrogens is 344 g/mol. The number of carbonyl (C=O) groups excluding carboxylic acids is 2. The first-order valence-corrected chi connectivity index (χ1v) is 8.91. The lowest BCUT2D eigenvalue weighted by atomic mass is 10.3. The van der Waals surface area contributed by atoms with Crippen molar-refractivity contribution >= 4 is 55.9 Å². The number of amides is 2. The van der Waals surface area contributed by atoms with Crippen LogP contribution in [0.3, 0.4) is 0 Å². The lowest BCUT2D eigenvalue weighted by Crippen LogP contribution is -2.13. The monoisotopic (exact) mass is 358 g/mol. The number of aromatic nitrogens is 2. The zero-order chi connectivity index (χ0) is 16.9. The van der Waals surface area contributed by atoms with Crippen LogP contribution in [0.1, 0.15) is 6.92 Å².